The maximum atomic E-state index is 12.2. The third kappa shape index (κ3) is 3.43. The number of nitrogens with one attached hydrogen (secondary N) is 1. The minimum absolute atomic E-state index is 0.139. The number of aromatic nitrogens is 4. The molecule has 3 N–H and O–H groups in total. The summed E-state index contributed by atoms with van der Waals surface area (Å²) in [4.78, 5) is 20.2. The van der Waals surface area contributed by atoms with E-state index in [4.69, 9.17) is 17.3 Å². The number of anilines is 2. The monoisotopic (exact) mass is 306 g/mol. The van der Waals surface area contributed by atoms with Gasteiger partial charge in [0.25, 0.3) is 5.91 Å². The number of aryl methyl sites for hydroxylation is 2. The molecule has 110 valence electrons. The Morgan fingerprint density at radius 3 is 2.67 bits per heavy atom. The molecule has 2 rings (SSSR count). The van der Waals surface area contributed by atoms with Crippen LogP contribution in [0, 0.1) is 0 Å². The summed E-state index contributed by atoms with van der Waals surface area (Å²) in [6.45, 7) is 3.94. The lowest BCUT2D eigenvalue weighted by atomic mass is 10.2. The van der Waals surface area contributed by atoms with Gasteiger partial charge in [-0.15, -0.1) is 10.2 Å². The van der Waals surface area contributed by atoms with E-state index in [1.165, 1.54) is 12.3 Å². The quantitative estimate of drug-likeness (QED) is 0.893. The second-order valence-electron chi connectivity index (χ2n) is 4.28. The summed E-state index contributed by atoms with van der Waals surface area (Å²) < 4.78 is 0. The minimum atomic E-state index is -0.456. The number of hydrogen-bond acceptors (Lipinski definition) is 6. The minimum Gasteiger partial charge on any atom is -0.384 e. The molecule has 8 heteroatoms. The Bertz CT molecular complexity index is 676. The first-order chi connectivity index (χ1) is 10.0. The highest BCUT2D eigenvalue weighted by molar-refractivity contribution is 6.34. The molecule has 21 heavy (non-hydrogen) atoms. The highest BCUT2D eigenvalue weighted by atomic mass is 35.5. The lowest BCUT2D eigenvalue weighted by molar-refractivity contribution is 0.102. The van der Waals surface area contributed by atoms with Gasteiger partial charge in [-0.25, -0.2) is 9.97 Å². The van der Waals surface area contributed by atoms with E-state index in [0.29, 0.717) is 6.42 Å². The Labute approximate surface area is 127 Å². The molecule has 0 aliphatic heterocycles. The fourth-order valence-corrected chi connectivity index (χ4v) is 1.98. The molecule has 2 aromatic rings. The van der Waals surface area contributed by atoms with Gasteiger partial charge in [0.1, 0.15) is 5.82 Å². The van der Waals surface area contributed by atoms with Crippen molar-refractivity contribution in [3.05, 3.63) is 34.2 Å². The standard InChI is InChI=1S/C13H15ClN6O/c1-3-9-10(4-2)19-20-13(17-9)18-12(21)7-5-11(15)16-6-8(7)14/h5-6H,3-4H2,1-2H3,(H2,15,16)(H,17,18,20,21). The Kier molecular flexibility index (Phi) is 4.64. The molecule has 0 atom stereocenters. The predicted octanol–water partition coefficient (Wildman–Crippen LogP) is 1.88. The summed E-state index contributed by atoms with van der Waals surface area (Å²) in [5, 5.41) is 10.7. The third-order valence-corrected chi connectivity index (χ3v) is 3.16. The summed E-state index contributed by atoms with van der Waals surface area (Å²) in [5.74, 6) is -0.109. The van der Waals surface area contributed by atoms with Crippen molar-refractivity contribution in [3.63, 3.8) is 0 Å². The van der Waals surface area contributed by atoms with Crippen molar-refractivity contribution in [3.8, 4) is 0 Å². The number of nitrogens with two attached hydrogens (primary N) is 1. The first kappa shape index (κ1) is 15.1. The average molecular weight is 307 g/mol. The number of rotatable bonds is 4. The summed E-state index contributed by atoms with van der Waals surface area (Å²) in [7, 11) is 0. The van der Waals surface area contributed by atoms with Crippen LogP contribution >= 0.6 is 11.6 Å². The van der Waals surface area contributed by atoms with Gasteiger partial charge in [-0.2, -0.15) is 0 Å². The Hall–Kier alpha value is -2.28. The van der Waals surface area contributed by atoms with Crippen molar-refractivity contribution >= 4 is 29.3 Å². The van der Waals surface area contributed by atoms with Crippen LogP contribution in [0.4, 0.5) is 11.8 Å². The number of nitrogen functional groups attached to an aromatic ring is 1. The Balaban J connectivity index is 2.25. The highest BCUT2D eigenvalue weighted by Gasteiger charge is 2.14. The molecule has 2 aromatic heterocycles. The molecule has 0 spiro atoms. The van der Waals surface area contributed by atoms with Crippen LogP contribution in [-0.4, -0.2) is 26.1 Å². The third-order valence-electron chi connectivity index (χ3n) is 2.86. The molecule has 0 aliphatic rings. The van der Waals surface area contributed by atoms with Gasteiger partial charge in [0.05, 0.1) is 22.0 Å². The smallest absolute Gasteiger partial charge is 0.259 e. The van der Waals surface area contributed by atoms with Gasteiger partial charge in [0.15, 0.2) is 0 Å². The van der Waals surface area contributed by atoms with Crippen LogP contribution in [-0.2, 0) is 12.8 Å². The van der Waals surface area contributed by atoms with Crippen molar-refractivity contribution in [2.45, 2.75) is 26.7 Å². The molecule has 2 heterocycles. The molecule has 0 bridgehead atoms. The zero-order chi connectivity index (χ0) is 15.4. The molecule has 0 saturated heterocycles. The zero-order valence-electron chi connectivity index (χ0n) is 11.7. The SMILES string of the molecule is CCc1nnc(NC(=O)c2cc(N)ncc2Cl)nc1CC. The molecule has 7 nitrogen and oxygen atoms in total. The van der Waals surface area contributed by atoms with Gasteiger partial charge in [0.2, 0.25) is 5.95 Å². The van der Waals surface area contributed by atoms with Gasteiger partial charge in [-0.05, 0) is 18.9 Å². The lowest BCUT2D eigenvalue weighted by Crippen LogP contribution is -2.17. The fourth-order valence-electron chi connectivity index (χ4n) is 1.79. The van der Waals surface area contributed by atoms with Gasteiger partial charge < -0.3 is 5.73 Å². The molecule has 1 amide bonds. The van der Waals surface area contributed by atoms with Crippen molar-refractivity contribution < 1.29 is 4.79 Å². The van der Waals surface area contributed by atoms with Crippen molar-refractivity contribution in [2.24, 2.45) is 0 Å². The number of hydrogen-bond donors (Lipinski definition) is 2. The van der Waals surface area contributed by atoms with Crippen LogP contribution in [0.25, 0.3) is 0 Å². The summed E-state index contributed by atoms with van der Waals surface area (Å²) in [6, 6.07) is 1.40. The first-order valence-electron chi connectivity index (χ1n) is 6.50. The molecule has 0 saturated carbocycles. The van der Waals surface area contributed by atoms with Crippen molar-refractivity contribution in [1.82, 2.24) is 20.2 Å². The fraction of sp³-hybridized carbons (Fsp3) is 0.308. The van der Waals surface area contributed by atoms with E-state index in [9.17, 15) is 4.79 Å². The second kappa shape index (κ2) is 6.45. The molecular formula is C13H15ClN6O. The first-order valence-corrected chi connectivity index (χ1v) is 6.87. The highest BCUT2D eigenvalue weighted by Crippen LogP contribution is 2.17. The summed E-state index contributed by atoms with van der Waals surface area (Å²) in [6.07, 6.45) is 2.78. The maximum Gasteiger partial charge on any atom is 0.259 e. The predicted molar refractivity (Wildman–Crippen MR) is 80.2 cm³/mol. The topological polar surface area (TPSA) is 107 Å². The number of carbonyl (C=O) groups excluding carboxylic acids is 1. The molecule has 0 aromatic carbocycles. The van der Waals surface area contributed by atoms with E-state index in [0.717, 1.165) is 17.8 Å². The number of halogens is 1. The summed E-state index contributed by atoms with van der Waals surface area (Å²) >= 11 is 5.93. The van der Waals surface area contributed by atoms with Crippen LogP contribution in [0.2, 0.25) is 5.02 Å². The van der Waals surface area contributed by atoms with Gasteiger partial charge in [-0.1, -0.05) is 25.4 Å². The van der Waals surface area contributed by atoms with Crippen LogP contribution in [0.1, 0.15) is 35.6 Å². The van der Waals surface area contributed by atoms with Gasteiger partial charge in [0, 0.05) is 6.20 Å². The molecule has 0 unspecified atom stereocenters. The van der Waals surface area contributed by atoms with E-state index in [1.54, 1.807) is 0 Å². The number of nitrogens with zero attached hydrogens (tertiary/aromatic N) is 4. The van der Waals surface area contributed by atoms with Crippen molar-refractivity contribution in [1.29, 1.82) is 0 Å². The average Bonchev–Trinajstić information content (AvgIpc) is 2.49. The summed E-state index contributed by atoms with van der Waals surface area (Å²) in [5.41, 5.74) is 7.39. The number of carbonyl (C=O) groups is 1. The zero-order valence-corrected chi connectivity index (χ0v) is 12.5. The van der Waals surface area contributed by atoms with Gasteiger partial charge in [-0.3, -0.25) is 10.1 Å². The number of amides is 1. The second-order valence-corrected chi connectivity index (χ2v) is 4.69. The van der Waals surface area contributed by atoms with Crippen LogP contribution in [0.5, 0.6) is 0 Å². The lowest BCUT2D eigenvalue weighted by Gasteiger charge is -2.08. The molecular weight excluding hydrogens is 292 g/mol. The van der Waals surface area contributed by atoms with Crippen LogP contribution in [0.15, 0.2) is 12.3 Å². The van der Waals surface area contributed by atoms with E-state index in [1.807, 2.05) is 13.8 Å². The van der Waals surface area contributed by atoms with Crippen LogP contribution < -0.4 is 11.1 Å². The van der Waals surface area contributed by atoms with E-state index < -0.39 is 5.91 Å². The molecule has 0 aliphatic carbocycles. The largest absolute Gasteiger partial charge is 0.384 e. The van der Waals surface area contributed by atoms with Crippen molar-refractivity contribution in [2.75, 3.05) is 11.1 Å². The van der Waals surface area contributed by atoms with E-state index in [2.05, 4.69) is 25.5 Å². The normalized spacial score (nSPS) is 10.4. The van der Waals surface area contributed by atoms with Crippen LogP contribution in [0.3, 0.4) is 0 Å². The maximum absolute atomic E-state index is 12.2. The van der Waals surface area contributed by atoms with E-state index in [-0.39, 0.29) is 22.4 Å². The van der Waals surface area contributed by atoms with E-state index >= 15 is 0 Å². The molecule has 0 fully saturated rings. The Morgan fingerprint density at radius 2 is 2.00 bits per heavy atom. The molecule has 0 radical (unpaired) electrons. The van der Waals surface area contributed by atoms with Gasteiger partial charge >= 0.3 is 0 Å². The Morgan fingerprint density at radius 1 is 1.29 bits per heavy atom. The number of pyridine rings is 1.